The van der Waals surface area contributed by atoms with E-state index in [0.29, 0.717) is 5.92 Å². The number of hydrogen-bond donors (Lipinski definition) is 0. The summed E-state index contributed by atoms with van der Waals surface area (Å²) in [5, 5.41) is 4.29. The Bertz CT molecular complexity index is 883. The maximum absolute atomic E-state index is 5.01. The lowest BCUT2D eigenvalue weighted by atomic mass is 9.93. The Morgan fingerprint density at radius 1 is 1.15 bits per heavy atom. The van der Waals surface area contributed by atoms with Crippen LogP contribution in [0.15, 0.2) is 54.9 Å². The Balaban J connectivity index is 1.50. The first-order valence-electron chi connectivity index (χ1n) is 9.41. The first-order chi connectivity index (χ1) is 12.7. The SMILES string of the molecule is Cc1cccc(-c2cccc([C@H]3CCCN(Cc4cnn(C)c4)C3)n2)c1. The molecule has 1 aromatic carbocycles. The number of pyridine rings is 1. The topological polar surface area (TPSA) is 34.0 Å². The van der Waals surface area contributed by atoms with Crippen molar-refractivity contribution in [1.29, 1.82) is 0 Å². The van der Waals surface area contributed by atoms with Gasteiger partial charge in [0.05, 0.1) is 11.9 Å². The van der Waals surface area contributed by atoms with Crippen LogP contribution >= 0.6 is 0 Å². The molecule has 0 unspecified atom stereocenters. The van der Waals surface area contributed by atoms with Crippen molar-refractivity contribution < 1.29 is 0 Å². The number of piperidine rings is 1. The number of rotatable bonds is 4. The van der Waals surface area contributed by atoms with E-state index in [0.717, 1.165) is 25.3 Å². The Hall–Kier alpha value is -2.46. The van der Waals surface area contributed by atoms with Gasteiger partial charge in [0.2, 0.25) is 0 Å². The van der Waals surface area contributed by atoms with Crippen LogP contribution in [0.2, 0.25) is 0 Å². The van der Waals surface area contributed by atoms with E-state index in [1.54, 1.807) is 0 Å². The maximum Gasteiger partial charge on any atom is 0.0705 e. The van der Waals surface area contributed by atoms with Crippen molar-refractivity contribution in [2.24, 2.45) is 7.05 Å². The molecule has 134 valence electrons. The molecule has 0 radical (unpaired) electrons. The van der Waals surface area contributed by atoms with Gasteiger partial charge in [0.25, 0.3) is 0 Å². The number of aryl methyl sites for hydroxylation is 2. The van der Waals surface area contributed by atoms with Crippen molar-refractivity contribution in [3.63, 3.8) is 0 Å². The minimum Gasteiger partial charge on any atom is -0.298 e. The van der Waals surface area contributed by atoms with E-state index in [9.17, 15) is 0 Å². The van der Waals surface area contributed by atoms with Crippen LogP contribution in [0.4, 0.5) is 0 Å². The third-order valence-electron chi connectivity index (χ3n) is 5.17. The lowest BCUT2D eigenvalue weighted by molar-refractivity contribution is 0.198. The molecule has 0 bridgehead atoms. The van der Waals surface area contributed by atoms with Crippen molar-refractivity contribution in [3.8, 4) is 11.3 Å². The smallest absolute Gasteiger partial charge is 0.0705 e. The van der Waals surface area contributed by atoms with E-state index in [-0.39, 0.29) is 0 Å². The summed E-state index contributed by atoms with van der Waals surface area (Å²) in [6.45, 7) is 5.33. The highest BCUT2D eigenvalue weighted by atomic mass is 15.2. The molecule has 0 saturated carbocycles. The number of nitrogens with zero attached hydrogens (tertiary/aromatic N) is 4. The van der Waals surface area contributed by atoms with Gasteiger partial charge in [0.15, 0.2) is 0 Å². The normalized spacial score (nSPS) is 18.2. The molecule has 1 saturated heterocycles. The number of benzene rings is 1. The van der Waals surface area contributed by atoms with Crippen molar-refractivity contribution in [1.82, 2.24) is 19.7 Å². The van der Waals surface area contributed by atoms with Crippen LogP contribution in [0.25, 0.3) is 11.3 Å². The summed E-state index contributed by atoms with van der Waals surface area (Å²) in [6.07, 6.45) is 6.52. The fourth-order valence-corrected chi connectivity index (χ4v) is 3.90. The number of hydrogen-bond acceptors (Lipinski definition) is 3. The van der Waals surface area contributed by atoms with E-state index in [1.807, 2.05) is 17.9 Å². The molecular weight excluding hydrogens is 320 g/mol. The van der Waals surface area contributed by atoms with Crippen molar-refractivity contribution in [2.75, 3.05) is 13.1 Å². The monoisotopic (exact) mass is 346 g/mol. The van der Waals surface area contributed by atoms with E-state index in [1.165, 1.54) is 35.2 Å². The zero-order valence-corrected chi connectivity index (χ0v) is 15.6. The summed E-state index contributed by atoms with van der Waals surface area (Å²) >= 11 is 0. The predicted molar refractivity (Wildman–Crippen MR) is 105 cm³/mol. The van der Waals surface area contributed by atoms with Crippen LogP contribution in [-0.2, 0) is 13.6 Å². The Morgan fingerprint density at radius 3 is 2.85 bits per heavy atom. The molecule has 0 spiro atoms. The summed E-state index contributed by atoms with van der Waals surface area (Å²) in [5.74, 6) is 0.505. The molecule has 3 aromatic rings. The quantitative estimate of drug-likeness (QED) is 0.711. The van der Waals surface area contributed by atoms with E-state index in [2.05, 4.69) is 65.6 Å². The van der Waals surface area contributed by atoms with E-state index in [4.69, 9.17) is 4.98 Å². The average molecular weight is 346 g/mol. The molecule has 0 amide bonds. The van der Waals surface area contributed by atoms with Gasteiger partial charge in [0.1, 0.15) is 0 Å². The second-order valence-corrected chi connectivity index (χ2v) is 7.41. The molecule has 0 N–H and O–H groups in total. The highest BCUT2D eigenvalue weighted by molar-refractivity contribution is 5.60. The van der Waals surface area contributed by atoms with Gasteiger partial charge in [-0.05, 0) is 44.5 Å². The van der Waals surface area contributed by atoms with Crippen molar-refractivity contribution in [3.05, 3.63) is 71.7 Å². The van der Waals surface area contributed by atoms with Gasteiger partial charge < -0.3 is 0 Å². The van der Waals surface area contributed by atoms with Gasteiger partial charge >= 0.3 is 0 Å². The van der Waals surface area contributed by atoms with E-state index >= 15 is 0 Å². The van der Waals surface area contributed by atoms with Gasteiger partial charge in [-0.15, -0.1) is 0 Å². The minimum absolute atomic E-state index is 0.505. The standard InChI is InChI=1S/C22H26N4/c1-17-6-3-7-19(12-17)21-9-4-10-22(24-21)20-8-5-11-26(16-20)15-18-13-23-25(2)14-18/h3-4,6-7,9-10,12-14,20H,5,8,11,15-16H2,1-2H3/t20-/m0/s1. The summed E-state index contributed by atoms with van der Waals surface area (Å²) < 4.78 is 1.88. The molecule has 2 aromatic heterocycles. The molecule has 1 aliphatic rings. The summed E-state index contributed by atoms with van der Waals surface area (Å²) in [7, 11) is 1.98. The fraction of sp³-hybridized carbons (Fsp3) is 0.364. The minimum atomic E-state index is 0.505. The summed E-state index contributed by atoms with van der Waals surface area (Å²) in [4.78, 5) is 7.54. The van der Waals surface area contributed by atoms with Gasteiger partial charge in [-0.25, -0.2) is 0 Å². The van der Waals surface area contributed by atoms with Crippen LogP contribution in [0, 0.1) is 6.92 Å². The summed E-state index contributed by atoms with van der Waals surface area (Å²) in [6, 6.07) is 15.1. The highest BCUT2D eigenvalue weighted by Crippen LogP contribution is 2.28. The third-order valence-corrected chi connectivity index (χ3v) is 5.17. The van der Waals surface area contributed by atoms with Crippen LogP contribution in [0.1, 0.15) is 35.6 Å². The summed E-state index contributed by atoms with van der Waals surface area (Å²) in [5.41, 5.74) is 6.06. The maximum atomic E-state index is 5.01. The Labute approximate surface area is 155 Å². The van der Waals surface area contributed by atoms with Gasteiger partial charge in [-0.1, -0.05) is 29.8 Å². The zero-order chi connectivity index (χ0) is 17.9. The molecule has 0 aliphatic carbocycles. The molecule has 4 heteroatoms. The van der Waals surface area contributed by atoms with Crippen LogP contribution in [0.5, 0.6) is 0 Å². The Morgan fingerprint density at radius 2 is 2.04 bits per heavy atom. The highest BCUT2D eigenvalue weighted by Gasteiger charge is 2.23. The molecule has 4 nitrogen and oxygen atoms in total. The lowest BCUT2D eigenvalue weighted by Gasteiger charge is -2.32. The first-order valence-corrected chi connectivity index (χ1v) is 9.41. The first kappa shape index (κ1) is 17.0. The molecule has 1 aliphatic heterocycles. The van der Waals surface area contributed by atoms with Crippen LogP contribution in [-0.4, -0.2) is 32.8 Å². The molecule has 1 fully saturated rings. The van der Waals surface area contributed by atoms with Gasteiger partial charge in [-0.2, -0.15) is 5.10 Å². The van der Waals surface area contributed by atoms with E-state index < -0.39 is 0 Å². The third kappa shape index (κ3) is 3.86. The average Bonchev–Trinajstić information content (AvgIpc) is 3.07. The lowest BCUT2D eigenvalue weighted by Crippen LogP contribution is -2.34. The molecule has 3 heterocycles. The molecular formula is C22H26N4. The molecule has 26 heavy (non-hydrogen) atoms. The van der Waals surface area contributed by atoms with Crippen molar-refractivity contribution >= 4 is 0 Å². The predicted octanol–water partition coefficient (Wildman–Crippen LogP) is 4.17. The van der Waals surface area contributed by atoms with Crippen molar-refractivity contribution in [2.45, 2.75) is 32.2 Å². The fourth-order valence-electron chi connectivity index (χ4n) is 3.90. The number of aromatic nitrogens is 3. The number of likely N-dealkylation sites (tertiary alicyclic amines) is 1. The van der Waals surface area contributed by atoms with Gasteiger partial charge in [-0.3, -0.25) is 14.6 Å². The zero-order valence-electron chi connectivity index (χ0n) is 15.6. The largest absolute Gasteiger partial charge is 0.298 e. The molecule has 1 atom stereocenters. The second kappa shape index (κ2) is 7.42. The Kier molecular flexibility index (Phi) is 4.85. The van der Waals surface area contributed by atoms with Crippen LogP contribution in [0.3, 0.4) is 0 Å². The molecule has 4 rings (SSSR count). The van der Waals surface area contributed by atoms with Gasteiger partial charge in [0, 0.05) is 49.1 Å². The van der Waals surface area contributed by atoms with Crippen LogP contribution < -0.4 is 0 Å². The second-order valence-electron chi connectivity index (χ2n) is 7.41.